The van der Waals surface area contributed by atoms with E-state index in [9.17, 15) is 14.7 Å². The molecule has 0 aliphatic carbocycles. The molecule has 0 radical (unpaired) electrons. The van der Waals surface area contributed by atoms with Crippen molar-refractivity contribution >= 4 is 34.7 Å². The topological polar surface area (TPSA) is 85.3 Å². The third kappa shape index (κ3) is 5.45. The number of hydrogen-bond donors (Lipinski definition) is 1. The Morgan fingerprint density at radius 1 is 0.923 bits per heavy atom. The molecule has 1 fully saturated rings. The molecule has 4 rings (SSSR count). The average molecular weight is 550 g/mol. The number of hydrogen-bond acceptors (Lipinski definition) is 6. The van der Waals surface area contributed by atoms with Gasteiger partial charge < -0.3 is 19.3 Å². The minimum atomic E-state index is -0.945. The second-order valence-electron chi connectivity index (χ2n) is 9.90. The van der Waals surface area contributed by atoms with Gasteiger partial charge in [-0.2, -0.15) is 0 Å². The molecule has 1 unspecified atom stereocenters. The number of ketones is 1. The maximum Gasteiger partial charge on any atom is 0.300 e. The SMILES string of the molecule is COc1ccc(C2/C(=C(\O)c3ccc(OCC(C)C)c(C)c3)C(=O)C(=O)N2c2cc(Cl)ccc2C)cc1OC. The van der Waals surface area contributed by atoms with Gasteiger partial charge in [-0.3, -0.25) is 14.5 Å². The lowest BCUT2D eigenvalue weighted by atomic mass is 9.94. The number of amides is 1. The van der Waals surface area contributed by atoms with Gasteiger partial charge in [0.25, 0.3) is 11.7 Å². The summed E-state index contributed by atoms with van der Waals surface area (Å²) in [5.41, 5.74) is 2.92. The first-order valence-electron chi connectivity index (χ1n) is 12.6. The molecule has 0 saturated carbocycles. The number of carbonyl (C=O) groups is 2. The number of aliphatic hydroxyl groups is 1. The number of benzene rings is 3. The molecule has 8 heteroatoms. The highest BCUT2D eigenvalue weighted by Crippen LogP contribution is 2.45. The van der Waals surface area contributed by atoms with Crippen LogP contribution >= 0.6 is 11.6 Å². The zero-order chi connectivity index (χ0) is 28.4. The van der Waals surface area contributed by atoms with Gasteiger partial charge in [0.2, 0.25) is 0 Å². The molecular weight excluding hydrogens is 518 g/mol. The summed E-state index contributed by atoms with van der Waals surface area (Å²) in [7, 11) is 3.03. The van der Waals surface area contributed by atoms with Crippen molar-refractivity contribution in [2.45, 2.75) is 33.7 Å². The number of Topliss-reactive ketones (excluding diaryl/α,β-unsaturated/α-hetero) is 1. The van der Waals surface area contributed by atoms with Crippen LogP contribution in [0.25, 0.3) is 5.76 Å². The van der Waals surface area contributed by atoms with Crippen LogP contribution in [-0.2, 0) is 9.59 Å². The normalized spacial score (nSPS) is 16.6. The molecule has 1 aliphatic rings. The van der Waals surface area contributed by atoms with E-state index in [1.807, 2.05) is 13.8 Å². The van der Waals surface area contributed by atoms with Crippen LogP contribution in [0, 0.1) is 19.8 Å². The van der Waals surface area contributed by atoms with Crippen molar-refractivity contribution in [1.82, 2.24) is 0 Å². The Balaban J connectivity index is 1.92. The van der Waals surface area contributed by atoms with E-state index >= 15 is 0 Å². The molecule has 1 amide bonds. The summed E-state index contributed by atoms with van der Waals surface area (Å²) < 4.78 is 16.7. The van der Waals surface area contributed by atoms with Crippen molar-refractivity contribution in [2.24, 2.45) is 5.92 Å². The zero-order valence-electron chi connectivity index (χ0n) is 22.9. The van der Waals surface area contributed by atoms with Crippen LogP contribution in [0.5, 0.6) is 17.2 Å². The van der Waals surface area contributed by atoms with Crippen molar-refractivity contribution in [1.29, 1.82) is 0 Å². The summed E-state index contributed by atoms with van der Waals surface area (Å²) in [5.74, 6) is 0.0980. The van der Waals surface area contributed by atoms with Crippen molar-refractivity contribution in [3.8, 4) is 17.2 Å². The maximum absolute atomic E-state index is 13.6. The van der Waals surface area contributed by atoms with Gasteiger partial charge in [0.1, 0.15) is 11.5 Å². The van der Waals surface area contributed by atoms with Gasteiger partial charge in [0, 0.05) is 16.3 Å². The summed E-state index contributed by atoms with van der Waals surface area (Å²) in [6.07, 6.45) is 0. The Morgan fingerprint density at radius 2 is 1.62 bits per heavy atom. The number of halogens is 1. The highest BCUT2D eigenvalue weighted by Gasteiger charge is 2.47. The van der Waals surface area contributed by atoms with Gasteiger partial charge in [0.15, 0.2) is 11.5 Å². The largest absolute Gasteiger partial charge is 0.507 e. The number of carbonyl (C=O) groups excluding carboxylic acids is 2. The smallest absolute Gasteiger partial charge is 0.300 e. The Kier molecular flexibility index (Phi) is 8.21. The van der Waals surface area contributed by atoms with Gasteiger partial charge in [-0.05, 0) is 78.9 Å². The molecule has 0 spiro atoms. The fourth-order valence-electron chi connectivity index (χ4n) is 4.63. The minimum Gasteiger partial charge on any atom is -0.507 e. The molecule has 0 aromatic heterocycles. The summed E-state index contributed by atoms with van der Waals surface area (Å²) in [4.78, 5) is 28.5. The van der Waals surface area contributed by atoms with Crippen LogP contribution in [0.1, 0.15) is 42.1 Å². The lowest BCUT2D eigenvalue weighted by Gasteiger charge is -2.27. The molecule has 39 heavy (non-hydrogen) atoms. The number of ether oxygens (including phenoxy) is 3. The van der Waals surface area contributed by atoms with Crippen LogP contribution in [0.4, 0.5) is 5.69 Å². The van der Waals surface area contributed by atoms with E-state index in [-0.39, 0.29) is 11.3 Å². The van der Waals surface area contributed by atoms with Crippen LogP contribution in [0.2, 0.25) is 5.02 Å². The highest BCUT2D eigenvalue weighted by molar-refractivity contribution is 6.52. The van der Waals surface area contributed by atoms with E-state index in [0.717, 1.165) is 11.1 Å². The van der Waals surface area contributed by atoms with E-state index in [4.69, 9.17) is 25.8 Å². The van der Waals surface area contributed by atoms with Crippen molar-refractivity contribution < 1.29 is 28.9 Å². The Morgan fingerprint density at radius 3 is 2.26 bits per heavy atom. The van der Waals surface area contributed by atoms with Gasteiger partial charge in [-0.15, -0.1) is 0 Å². The second kappa shape index (κ2) is 11.4. The molecule has 7 nitrogen and oxygen atoms in total. The number of nitrogens with zero attached hydrogens (tertiary/aromatic N) is 1. The van der Waals surface area contributed by atoms with E-state index in [0.29, 0.717) is 51.6 Å². The maximum atomic E-state index is 13.6. The van der Waals surface area contributed by atoms with Crippen molar-refractivity contribution in [3.63, 3.8) is 0 Å². The standard InChI is InChI=1S/C31H32ClNO6/c1-17(2)16-39-24-11-9-21(13-19(24)4)29(34)27-28(20-8-12-25(37-5)26(14-20)38-6)33(31(36)30(27)35)23-15-22(32)10-7-18(23)3/h7-15,17,28,34H,16H2,1-6H3/b29-27+. The number of aryl methyl sites for hydroxylation is 2. The van der Waals surface area contributed by atoms with E-state index in [1.165, 1.54) is 19.1 Å². The fourth-order valence-corrected chi connectivity index (χ4v) is 4.80. The Bertz CT molecular complexity index is 1460. The molecule has 0 bridgehead atoms. The van der Waals surface area contributed by atoms with Crippen molar-refractivity contribution in [2.75, 3.05) is 25.7 Å². The number of aliphatic hydroxyl groups excluding tert-OH is 1. The van der Waals surface area contributed by atoms with E-state index < -0.39 is 17.7 Å². The van der Waals surface area contributed by atoms with Crippen LogP contribution in [0.15, 0.2) is 60.2 Å². The first-order chi connectivity index (χ1) is 18.6. The number of methoxy groups -OCH3 is 2. The molecule has 1 aliphatic heterocycles. The van der Waals surface area contributed by atoms with Gasteiger partial charge in [0.05, 0.1) is 32.4 Å². The highest BCUT2D eigenvalue weighted by atomic mass is 35.5. The monoisotopic (exact) mass is 549 g/mol. The third-order valence-corrected chi connectivity index (χ3v) is 6.85. The summed E-state index contributed by atoms with van der Waals surface area (Å²) >= 11 is 6.30. The Hall–Kier alpha value is -3.97. The molecule has 204 valence electrons. The lowest BCUT2D eigenvalue weighted by molar-refractivity contribution is -0.132. The molecule has 1 N–H and O–H groups in total. The first-order valence-corrected chi connectivity index (χ1v) is 13.0. The van der Waals surface area contributed by atoms with Crippen molar-refractivity contribution in [3.05, 3.63) is 87.4 Å². The molecule has 3 aromatic rings. The van der Waals surface area contributed by atoms with E-state index in [1.54, 1.807) is 54.6 Å². The molecule has 1 atom stereocenters. The third-order valence-electron chi connectivity index (χ3n) is 6.62. The number of anilines is 1. The average Bonchev–Trinajstić information content (AvgIpc) is 3.18. The minimum absolute atomic E-state index is 0.0400. The summed E-state index contributed by atoms with van der Waals surface area (Å²) in [6.45, 7) is 8.37. The van der Waals surface area contributed by atoms with Crippen LogP contribution in [0.3, 0.4) is 0 Å². The van der Waals surface area contributed by atoms with Crippen LogP contribution in [-0.4, -0.2) is 37.6 Å². The summed E-state index contributed by atoms with van der Waals surface area (Å²) in [6, 6.07) is 14.5. The molecule has 1 heterocycles. The van der Waals surface area contributed by atoms with Gasteiger partial charge in [-0.25, -0.2) is 0 Å². The fraction of sp³-hybridized carbons (Fsp3) is 0.290. The molecule has 1 saturated heterocycles. The van der Waals surface area contributed by atoms with Crippen LogP contribution < -0.4 is 19.1 Å². The van der Waals surface area contributed by atoms with Gasteiger partial charge >= 0.3 is 0 Å². The zero-order valence-corrected chi connectivity index (χ0v) is 23.6. The quantitative estimate of drug-likeness (QED) is 0.193. The Labute approximate surface area is 233 Å². The number of rotatable bonds is 8. The lowest BCUT2D eigenvalue weighted by Crippen LogP contribution is -2.30. The summed E-state index contributed by atoms with van der Waals surface area (Å²) in [5, 5.41) is 12.0. The predicted molar refractivity (Wildman–Crippen MR) is 152 cm³/mol. The predicted octanol–water partition coefficient (Wildman–Crippen LogP) is 6.64. The van der Waals surface area contributed by atoms with Gasteiger partial charge in [-0.1, -0.05) is 37.6 Å². The molecular formula is C31H32ClNO6. The second-order valence-corrected chi connectivity index (χ2v) is 10.3. The molecule has 3 aromatic carbocycles. The van der Waals surface area contributed by atoms with E-state index in [2.05, 4.69) is 13.8 Å². The first kappa shape index (κ1) is 28.0.